The Kier molecular flexibility index (Phi) is 10.4. The number of hydrogen-bond donors (Lipinski definition) is 1. The molecule has 1 N–H and O–H groups in total. The van der Waals surface area contributed by atoms with Crippen molar-refractivity contribution in [2.24, 2.45) is 0 Å². The molecule has 3 rings (SSSR count). The molecule has 208 valence electrons. The molecule has 0 saturated carbocycles. The highest BCUT2D eigenvalue weighted by molar-refractivity contribution is 7.92. The molecule has 2 atom stereocenters. The summed E-state index contributed by atoms with van der Waals surface area (Å²) >= 11 is 12.2. The van der Waals surface area contributed by atoms with E-state index in [4.69, 9.17) is 23.2 Å². The first-order valence-electron chi connectivity index (χ1n) is 12.3. The standard InChI is InChI=1S/C28H30Cl2FN3O4S/c1-4-19(2)32-28(36)20(3)33(17-21-14-15-23(29)24(30)16-21)27(35)18-34(26-13-9-8-12-25(26)31)39(37,38)22-10-6-5-7-11-22/h5-16,19-20H,4,17-18H2,1-3H3,(H,32,36). The summed E-state index contributed by atoms with van der Waals surface area (Å²) in [6.07, 6.45) is 0.676. The molecule has 0 radical (unpaired) electrons. The Morgan fingerprint density at radius 3 is 2.21 bits per heavy atom. The van der Waals surface area contributed by atoms with Crippen LogP contribution >= 0.6 is 23.2 Å². The average Bonchev–Trinajstić information content (AvgIpc) is 2.92. The highest BCUT2D eigenvalue weighted by atomic mass is 35.5. The Hall–Kier alpha value is -3.14. The molecule has 39 heavy (non-hydrogen) atoms. The predicted octanol–water partition coefficient (Wildman–Crippen LogP) is 5.66. The molecule has 11 heteroatoms. The van der Waals surface area contributed by atoms with Gasteiger partial charge in [-0.15, -0.1) is 0 Å². The van der Waals surface area contributed by atoms with Crippen LogP contribution in [-0.4, -0.2) is 43.8 Å². The van der Waals surface area contributed by atoms with Gasteiger partial charge in [0.15, 0.2) is 0 Å². The third-order valence-corrected chi connectivity index (χ3v) is 8.75. The van der Waals surface area contributed by atoms with Crippen LogP contribution in [0.25, 0.3) is 0 Å². The minimum absolute atomic E-state index is 0.0681. The van der Waals surface area contributed by atoms with E-state index in [0.29, 0.717) is 17.0 Å². The van der Waals surface area contributed by atoms with Gasteiger partial charge in [0.2, 0.25) is 11.8 Å². The van der Waals surface area contributed by atoms with Crippen LogP contribution in [0.5, 0.6) is 0 Å². The average molecular weight is 595 g/mol. The van der Waals surface area contributed by atoms with Crippen LogP contribution in [0.15, 0.2) is 77.7 Å². The van der Waals surface area contributed by atoms with E-state index in [-0.39, 0.29) is 28.2 Å². The van der Waals surface area contributed by atoms with Crippen LogP contribution in [0.2, 0.25) is 10.0 Å². The molecule has 2 amide bonds. The lowest BCUT2D eigenvalue weighted by atomic mass is 10.1. The summed E-state index contributed by atoms with van der Waals surface area (Å²) in [7, 11) is -4.35. The summed E-state index contributed by atoms with van der Waals surface area (Å²) in [5.74, 6) is -1.94. The molecule has 0 spiro atoms. The molecule has 3 aromatic rings. The fraction of sp³-hybridized carbons (Fsp3) is 0.286. The van der Waals surface area contributed by atoms with E-state index in [1.165, 1.54) is 47.4 Å². The largest absolute Gasteiger partial charge is 0.352 e. The van der Waals surface area contributed by atoms with Crippen molar-refractivity contribution in [3.63, 3.8) is 0 Å². The number of nitrogens with one attached hydrogen (secondary N) is 1. The predicted molar refractivity (Wildman–Crippen MR) is 152 cm³/mol. The Bertz CT molecular complexity index is 1420. The number of amides is 2. The van der Waals surface area contributed by atoms with Gasteiger partial charge >= 0.3 is 0 Å². The molecule has 0 saturated heterocycles. The van der Waals surface area contributed by atoms with Gasteiger partial charge in [-0.25, -0.2) is 12.8 Å². The zero-order chi connectivity index (χ0) is 28.7. The maximum atomic E-state index is 14.9. The highest BCUT2D eigenvalue weighted by Gasteiger charge is 2.33. The van der Waals surface area contributed by atoms with Crippen LogP contribution in [0, 0.1) is 5.82 Å². The number of hydrogen-bond acceptors (Lipinski definition) is 4. The zero-order valence-corrected chi connectivity index (χ0v) is 24.1. The molecule has 0 aliphatic rings. The Morgan fingerprint density at radius 2 is 1.59 bits per heavy atom. The van der Waals surface area contributed by atoms with Crippen molar-refractivity contribution in [3.05, 3.63) is 94.2 Å². The number of para-hydroxylation sites is 1. The molecular formula is C28H30Cl2FN3O4S. The van der Waals surface area contributed by atoms with Gasteiger partial charge in [0, 0.05) is 12.6 Å². The normalized spacial score (nSPS) is 12.9. The number of nitrogens with zero attached hydrogens (tertiary/aromatic N) is 2. The van der Waals surface area contributed by atoms with Crippen LogP contribution < -0.4 is 9.62 Å². The van der Waals surface area contributed by atoms with Crippen LogP contribution in [0.4, 0.5) is 10.1 Å². The van der Waals surface area contributed by atoms with E-state index in [1.54, 1.807) is 31.2 Å². The third kappa shape index (κ3) is 7.50. The minimum Gasteiger partial charge on any atom is -0.352 e. The Morgan fingerprint density at radius 1 is 0.949 bits per heavy atom. The number of rotatable bonds is 11. The first-order chi connectivity index (χ1) is 18.4. The van der Waals surface area contributed by atoms with Crippen LogP contribution in [0.3, 0.4) is 0 Å². The molecule has 7 nitrogen and oxygen atoms in total. The minimum atomic E-state index is -4.35. The molecule has 3 aromatic carbocycles. The van der Waals surface area contributed by atoms with Gasteiger partial charge in [-0.05, 0) is 62.2 Å². The van der Waals surface area contributed by atoms with Crippen LogP contribution in [0.1, 0.15) is 32.8 Å². The third-order valence-electron chi connectivity index (χ3n) is 6.24. The molecule has 0 aromatic heterocycles. The first kappa shape index (κ1) is 30.4. The van der Waals surface area contributed by atoms with E-state index in [1.807, 2.05) is 13.8 Å². The van der Waals surface area contributed by atoms with Gasteiger partial charge in [-0.1, -0.05) is 66.5 Å². The summed E-state index contributed by atoms with van der Waals surface area (Å²) < 4.78 is 42.9. The van der Waals surface area contributed by atoms with Crippen molar-refractivity contribution in [3.8, 4) is 0 Å². The van der Waals surface area contributed by atoms with Crippen LogP contribution in [-0.2, 0) is 26.2 Å². The number of carbonyl (C=O) groups excluding carboxylic acids is 2. The highest BCUT2D eigenvalue weighted by Crippen LogP contribution is 2.28. The van der Waals surface area contributed by atoms with E-state index in [2.05, 4.69) is 5.32 Å². The molecular weight excluding hydrogens is 564 g/mol. The number of benzene rings is 3. The molecule has 0 aliphatic heterocycles. The Balaban J connectivity index is 2.04. The van der Waals surface area contributed by atoms with Crippen molar-refractivity contribution in [2.45, 2.75) is 50.7 Å². The Labute approximate surface area is 238 Å². The number of halogens is 3. The SMILES string of the molecule is CCC(C)NC(=O)C(C)N(Cc1ccc(Cl)c(Cl)c1)C(=O)CN(c1ccccc1F)S(=O)(=O)c1ccccc1. The fourth-order valence-corrected chi connectivity index (χ4v) is 5.53. The summed E-state index contributed by atoms with van der Waals surface area (Å²) in [5, 5.41) is 3.43. The number of sulfonamides is 1. The number of carbonyl (C=O) groups is 2. The van der Waals surface area contributed by atoms with E-state index < -0.39 is 40.2 Å². The van der Waals surface area contributed by atoms with Gasteiger partial charge in [-0.2, -0.15) is 0 Å². The monoisotopic (exact) mass is 593 g/mol. The summed E-state index contributed by atoms with van der Waals surface area (Å²) in [6.45, 7) is 4.48. The van der Waals surface area contributed by atoms with Crippen molar-refractivity contribution in [1.29, 1.82) is 0 Å². The summed E-state index contributed by atoms with van der Waals surface area (Å²) in [6, 6.07) is 16.4. The number of anilines is 1. The van der Waals surface area contributed by atoms with Gasteiger partial charge < -0.3 is 10.2 Å². The fourth-order valence-electron chi connectivity index (χ4n) is 3.77. The van der Waals surface area contributed by atoms with Crippen molar-refractivity contribution in [1.82, 2.24) is 10.2 Å². The second kappa shape index (κ2) is 13.3. The zero-order valence-electron chi connectivity index (χ0n) is 21.8. The second-order valence-electron chi connectivity index (χ2n) is 9.04. The second-order valence-corrected chi connectivity index (χ2v) is 11.7. The van der Waals surface area contributed by atoms with Gasteiger partial charge in [0.1, 0.15) is 18.4 Å². The topological polar surface area (TPSA) is 86.8 Å². The maximum absolute atomic E-state index is 14.9. The summed E-state index contributed by atoms with van der Waals surface area (Å²) in [5.41, 5.74) is 0.283. The molecule has 2 unspecified atom stereocenters. The maximum Gasteiger partial charge on any atom is 0.264 e. The molecule has 0 heterocycles. The van der Waals surface area contributed by atoms with Crippen molar-refractivity contribution >= 4 is 50.7 Å². The molecule has 0 aliphatic carbocycles. The molecule has 0 bridgehead atoms. The lowest BCUT2D eigenvalue weighted by molar-refractivity contribution is -0.139. The quantitative estimate of drug-likeness (QED) is 0.311. The van der Waals surface area contributed by atoms with Gasteiger partial charge in [0.25, 0.3) is 10.0 Å². The van der Waals surface area contributed by atoms with Crippen molar-refractivity contribution in [2.75, 3.05) is 10.8 Å². The van der Waals surface area contributed by atoms with E-state index >= 15 is 0 Å². The van der Waals surface area contributed by atoms with E-state index in [9.17, 15) is 22.4 Å². The molecule has 0 fully saturated rings. The lowest BCUT2D eigenvalue weighted by Crippen LogP contribution is -2.52. The van der Waals surface area contributed by atoms with Crippen molar-refractivity contribution < 1.29 is 22.4 Å². The van der Waals surface area contributed by atoms with Gasteiger partial charge in [0.05, 0.1) is 20.6 Å². The first-order valence-corrected chi connectivity index (χ1v) is 14.5. The smallest absolute Gasteiger partial charge is 0.264 e. The lowest BCUT2D eigenvalue weighted by Gasteiger charge is -2.32. The van der Waals surface area contributed by atoms with Gasteiger partial charge in [-0.3, -0.25) is 13.9 Å². The van der Waals surface area contributed by atoms with E-state index in [0.717, 1.165) is 10.4 Å². The summed E-state index contributed by atoms with van der Waals surface area (Å²) in [4.78, 5) is 28.0.